The first kappa shape index (κ1) is 41.4. The van der Waals surface area contributed by atoms with E-state index >= 15 is 0 Å². The van der Waals surface area contributed by atoms with Crippen molar-refractivity contribution in [1.82, 2.24) is 35.1 Å². The second-order valence-electron chi connectivity index (χ2n) is 18.5. The molecule has 0 bridgehead atoms. The molecule has 2 aromatic heterocycles. The van der Waals surface area contributed by atoms with E-state index in [0.29, 0.717) is 31.7 Å². The Morgan fingerprint density at radius 2 is 1.48 bits per heavy atom. The molecule has 0 radical (unpaired) electrons. The Hall–Kier alpha value is -6.33. The molecule has 2 saturated heterocycles. The summed E-state index contributed by atoms with van der Waals surface area (Å²) in [5.74, 6) is 0.649. The van der Waals surface area contributed by atoms with Gasteiger partial charge >= 0.3 is 6.09 Å². The van der Waals surface area contributed by atoms with Crippen LogP contribution in [0.1, 0.15) is 84.0 Å². The molecule has 61 heavy (non-hydrogen) atoms. The number of fused-ring (bicyclic) bond motifs is 1. The molecule has 3 aliphatic rings. The number of ether oxygens (including phenoxy) is 1. The molecule has 3 aromatic carbocycles. The first-order chi connectivity index (χ1) is 29.2. The van der Waals surface area contributed by atoms with Crippen LogP contribution in [0.5, 0.6) is 0 Å². The predicted molar refractivity (Wildman–Crippen MR) is 229 cm³/mol. The molecule has 14 heteroatoms. The van der Waals surface area contributed by atoms with Crippen molar-refractivity contribution in [3.05, 3.63) is 84.7 Å². The molecule has 3 fully saturated rings. The van der Waals surface area contributed by atoms with Gasteiger partial charge in [-0.3, -0.25) is 14.9 Å². The number of amides is 4. The number of methoxy groups -OCH3 is 1. The van der Waals surface area contributed by atoms with Gasteiger partial charge in [-0.25, -0.2) is 19.6 Å². The summed E-state index contributed by atoms with van der Waals surface area (Å²) in [6.07, 6.45) is 7.14. The van der Waals surface area contributed by atoms with Gasteiger partial charge < -0.3 is 29.8 Å². The van der Waals surface area contributed by atoms with Gasteiger partial charge in [-0.2, -0.15) is 5.26 Å². The van der Waals surface area contributed by atoms with Crippen molar-refractivity contribution in [3.8, 4) is 39.7 Å². The fraction of sp³-hybridized carbons (Fsp3) is 0.426. The van der Waals surface area contributed by atoms with Crippen molar-refractivity contribution in [2.75, 3.05) is 20.2 Å². The van der Waals surface area contributed by atoms with E-state index < -0.39 is 29.6 Å². The van der Waals surface area contributed by atoms with Crippen LogP contribution >= 0.6 is 0 Å². The molecule has 2 aliphatic heterocycles. The predicted octanol–water partition coefficient (Wildman–Crippen LogP) is 6.27. The Morgan fingerprint density at radius 3 is 2.07 bits per heavy atom. The number of hydrogen-bond acceptors (Lipinski definition) is 8. The van der Waals surface area contributed by atoms with Crippen LogP contribution in [0.25, 0.3) is 44.4 Å². The Labute approximate surface area is 355 Å². The minimum atomic E-state index is -0.693. The Morgan fingerprint density at radius 1 is 0.885 bits per heavy atom. The Bertz CT molecular complexity index is 2510. The molecule has 14 nitrogen and oxygen atoms in total. The second-order valence-corrected chi connectivity index (χ2v) is 18.5. The summed E-state index contributed by atoms with van der Waals surface area (Å²) >= 11 is 0. The lowest BCUT2D eigenvalue weighted by molar-refractivity contribution is -0.594. The van der Waals surface area contributed by atoms with Gasteiger partial charge in [-0.05, 0) is 76.6 Å². The number of carbonyl (C=O) groups excluding carboxylic acids is 4. The smallest absolute Gasteiger partial charge is 0.407 e. The summed E-state index contributed by atoms with van der Waals surface area (Å²) in [7, 11) is 1.30. The molecule has 1 saturated carbocycles. The number of primary amides is 1. The molecule has 0 unspecified atom stereocenters. The van der Waals surface area contributed by atoms with Crippen LogP contribution in [0.3, 0.4) is 0 Å². The monoisotopic (exact) mass is 824 g/mol. The lowest BCUT2D eigenvalue weighted by atomic mass is 9.85. The van der Waals surface area contributed by atoms with Crippen molar-refractivity contribution in [1.29, 1.82) is 5.26 Å². The number of aromatic amines is 2. The highest BCUT2D eigenvalue weighted by Crippen LogP contribution is 2.58. The number of imidazole rings is 2. The summed E-state index contributed by atoms with van der Waals surface area (Å²) in [6, 6.07) is 21.4. The maximum Gasteiger partial charge on any atom is 0.407 e. The maximum absolute atomic E-state index is 13.9. The number of benzene rings is 3. The third kappa shape index (κ3) is 8.26. The third-order valence-electron chi connectivity index (χ3n) is 12.9. The summed E-state index contributed by atoms with van der Waals surface area (Å²) in [4.78, 5) is 71.3. The average Bonchev–Trinajstić information content (AvgIpc) is 3.75. The van der Waals surface area contributed by atoms with Crippen molar-refractivity contribution in [2.24, 2.45) is 22.7 Å². The van der Waals surface area contributed by atoms with Crippen molar-refractivity contribution in [3.63, 3.8) is 0 Å². The quantitative estimate of drug-likeness (QED) is 0.112. The van der Waals surface area contributed by atoms with E-state index in [-0.39, 0.29) is 35.1 Å². The second kappa shape index (κ2) is 16.3. The largest absolute Gasteiger partial charge is 0.453 e. The van der Waals surface area contributed by atoms with E-state index in [1.807, 2.05) is 57.8 Å². The van der Waals surface area contributed by atoms with E-state index in [1.54, 1.807) is 11.1 Å². The standard InChI is InChI=1S/C47H53N9O5/c1-27(2)39(54-45(60)61-6)43(58)56-25-47(15-16-47)20-38(56)42-50-23-36(53-42)34-14-13-32-18-31(11-12-33(32)19-34)29-7-9-30(10-8-29)35-22-49-41(52-35)37-17-28(21-48)24-55(37)44(59)40(51-26-57)46(3,4)5/h7-14,18-19,22-23,26-28,37-40H,15-17,20,24-25H2,1-6H3,(H,49,52)(H,50,53)(H,51,57)(H,54,60)/p+1/t28-,37+,38+,39+,40-/m1/s1. The van der Waals surface area contributed by atoms with Gasteiger partial charge in [-0.1, -0.05) is 83.1 Å². The zero-order valence-corrected chi connectivity index (χ0v) is 35.6. The van der Waals surface area contributed by atoms with Crippen molar-refractivity contribution < 1.29 is 29.2 Å². The van der Waals surface area contributed by atoms with E-state index in [2.05, 4.69) is 74.9 Å². The number of nitrogens with one attached hydrogen (secondary N) is 3. The third-order valence-corrected chi connectivity index (χ3v) is 12.9. The van der Waals surface area contributed by atoms with E-state index in [9.17, 15) is 24.4 Å². The van der Waals surface area contributed by atoms with Gasteiger partial charge in [0.2, 0.25) is 5.91 Å². The fourth-order valence-corrected chi connectivity index (χ4v) is 9.12. The Balaban J connectivity index is 0.968. The van der Waals surface area contributed by atoms with Crippen LogP contribution in [-0.4, -0.2) is 86.3 Å². The number of hydrogen-bond donors (Lipinski definition) is 4. The first-order valence-electron chi connectivity index (χ1n) is 21.1. The molecule has 316 valence electrons. The number of nitrogens with zero attached hydrogens (tertiary/aromatic N) is 5. The highest BCUT2D eigenvalue weighted by atomic mass is 16.5. The van der Waals surface area contributed by atoms with Crippen LogP contribution in [0.2, 0.25) is 0 Å². The maximum atomic E-state index is 13.9. The van der Waals surface area contributed by atoms with Crippen LogP contribution in [0.4, 0.5) is 4.79 Å². The first-order valence-corrected chi connectivity index (χ1v) is 21.1. The zero-order chi connectivity index (χ0) is 43.2. The highest BCUT2D eigenvalue weighted by molar-refractivity contribution is 5.91. The normalized spacial score (nSPS) is 20.5. The molecule has 4 amide bonds. The van der Waals surface area contributed by atoms with Gasteiger partial charge in [-0.15, -0.1) is 0 Å². The number of quaternary nitrogens is 1. The number of nitrogens with two attached hydrogens (primary N) is 1. The molecule has 1 spiro atoms. The van der Waals surface area contributed by atoms with Gasteiger partial charge in [0.25, 0.3) is 12.3 Å². The minimum absolute atomic E-state index is 0.110. The van der Waals surface area contributed by atoms with Crippen LogP contribution in [-0.2, 0) is 19.1 Å². The summed E-state index contributed by atoms with van der Waals surface area (Å²) in [5.41, 5.74) is 5.40. The molecule has 8 rings (SSSR count). The summed E-state index contributed by atoms with van der Waals surface area (Å²) < 4.78 is 4.82. The number of aromatic nitrogens is 4. The lowest BCUT2D eigenvalue weighted by Gasteiger charge is -2.31. The molecule has 5 N–H and O–H groups in total. The number of carbonyl (C=O) groups is 4. The van der Waals surface area contributed by atoms with Gasteiger partial charge in [0, 0.05) is 24.1 Å². The number of H-pyrrole nitrogens is 2. The minimum Gasteiger partial charge on any atom is -0.453 e. The SMILES string of the molecule is COC(=O)N[C@H](C(=O)N1CC2(CC2)C[C@H]1c1ncc(-c2ccc3cc(-c4ccc(-c5cnc([C@@H]6C[C@H](C#N)CN6C(=O)[C@@H]([NH2+]C=O)C(C)(C)C)[nH]5)cc4)ccc3c2)[nH]1)C(C)C. The topological polar surface area (TPSA) is 194 Å². The van der Waals surface area contributed by atoms with Crippen molar-refractivity contribution >= 4 is 35.1 Å². The number of alkyl carbamates (subject to hydrolysis) is 1. The zero-order valence-electron chi connectivity index (χ0n) is 35.6. The summed E-state index contributed by atoms with van der Waals surface area (Å²) in [6.45, 7) is 10.6. The van der Waals surface area contributed by atoms with Gasteiger partial charge in [0.1, 0.15) is 17.7 Å². The van der Waals surface area contributed by atoms with Crippen LogP contribution in [0.15, 0.2) is 73.1 Å². The summed E-state index contributed by atoms with van der Waals surface area (Å²) in [5, 5.41) is 16.1. The number of nitriles is 1. The Kier molecular flexibility index (Phi) is 11.0. The van der Waals surface area contributed by atoms with Gasteiger partial charge in [0.15, 0.2) is 6.04 Å². The van der Waals surface area contributed by atoms with E-state index in [4.69, 9.17) is 9.72 Å². The average molecular weight is 825 g/mol. The molecular formula is C47H54N9O5+. The van der Waals surface area contributed by atoms with E-state index in [0.717, 1.165) is 69.5 Å². The lowest BCUT2D eigenvalue weighted by Crippen LogP contribution is -2.94. The van der Waals surface area contributed by atoms with Crippen LogP contribution < -0.4 is 10.6 Å². The fourth-order valence-electron chi connectivity index (χ4n) is 9.12. The molecule has 4 heterocycles. The van der Waals surface area contributed by atoms with E-state index in [1.165, 1.54) is 12.4 Å². The molecular weight excluding hydrogens is 771 g/mol. The molecule has 5 atom stereocenters. The number of rotatable bonds is 11. The van der Waals surface area contributed by atoms with Crippen molar-refractivity contribution in [2.45, 2.75) is 84.5 Å². The van der Waals surface area contributed by atoms with Gasteiger partial charge in [0.05, 0.1) is 55.0 Å². The van der Waals surface area contributed by atoms with Crippen LogP contribution in [0, 0.1) is 34.0 Å². The number of likely N-dealkylation sites (tertiary alicyclic amines) is 2. The molecule has 1 aliphatic carbocycles. The highest BCUT2D eigenvalue weighted by Gasteiger charge is 2.55. The molecule has 5 aromatic rings.